The van der Waals surface area contributed by atoms with Gasteiger partial charge >= 0.3 is 0 Å². The van der Waals surface area contributed by atoms with Crippen LogP contribution in [0.15, 0.2) is 194 Å². The molecule has 0 saturated heterocycles. The number of hydrogen-bond acceptors (Lipinski definition) is 5. The maximum atomic E-state index is 5.40. The summed E-state index contributed by atoms with van der Waals surface area (Å²) in [4.78, 5) is 25.8. The molecule has 0 saturated carbocycles. The predicted octanol–water partition coefficient (Wildman–Crippen LogP) is 12.4. The molecule has 0 spiro atoms. The third kappa shape index (κ3) is 5.62. The maximum Gasteiger partial charge on any atom is 0.235 e. The van der Waals surface area contributed by atoms with Gasteiger partial charge in [-0.1, -0.05) is 170 Å². The van der Waals surface area contributed by atoms with Crippen LogP contribution in [0, 0.1) is 0 Å². The van der Waals surface area contributed by atoms with Gasteiger partial charge in [0, 0.05) is 44.0 Å². The molecule has 0 aliphatic heterocycles. The second-order valence-electron chi connectivity index (χ2n) is 14.1. The van der Waals surface area contributed by atoms with Crippen LogP contribution in [0.3, 0.4) is 0 Å². The average molecular weight is 729 g/mol. The molecule has 0 aliphatic rings. The zero-order chi connectivity index (χ0) is 37.7. The minimum absolute atomic E-state index is 0.604. The van der Waals surface area contributed by atoms with Gasteiger partial charge in [-0.15, -0.1) is 0 Å². The Balaban J connectivity index is 1.20. The molecule has 8 aromatic carbocycles. The largest absolute Gasteiger partial charge is 0.277 e. The van der Waals surface area contributed by atoms with Crippen LogP contribution in [0.5, 0.6) is 0 Å². The minimum Gasteiger partial charge on any atom is -0.277 e. The molecule has 6 heteroatoms. The summed E-state index contributed by atoms with van der Waals surface area (Å²) in [7, 11) is 0. The monoisotopic (exact) mass is 728 g/mol. The number of hydrogen-bond donors (Lipinski definition) is 0. The zero-order valence-electron chi connectivity index (χ0n) is 30.7. The smallest absolute Gasteiger partial charge is 0.235 e. The van der Waals surface area contributed by atoms with Crippen molar-refractivity contribution in [3.05, 3.63) is 194 Å². The van der Waals surface area contributed by atoms with E-state index in [1.807, 2.05) is 78.9 Å². The topological polar surface area (TPSA) is 69.4 Å². The lowest BCUT2D eigenvalue weighted by atomic mass is 9.93. The third-order valence-electron chi connectivity index (χ3n) is 10.6. The Morgan fingerprint density at radius 1 is 0.333 bits per heavy atom. The molecule has 0 fully saturated rings. The van der Waals surface area contributed by atoms with Crippen molar-refractivity contribution in [3.8, 4) is 62.5 Å². The van der Waals surface area contributed by atoms with Crippen LogP contribution >= 0.6 is 0 Å². The molecule has 57 heavy (non-hydrogen) atoms. The number of benzene rings is 8. The number of nitrogens with zero attached hydrogens (tertiary/aromatic N) is 6. The van der Waals surface area contributed by atoms with Gasteiger partial charge in [0.05, 0.1) is 22.2 Å². The van der Waals surface area contributed by atoms with Gasteiger partial charge in [-0.25, -0.2) is 24.9 Å². The van der Waals surface area contributed by atoms with Crippen LogP contribution in [-0.2, 0) is 0 Å². The van der Waals surface area contributed by atoms with Crippen molar-refractivity contribution in [1.29, 1.82) is 0 Å². The zero-order valence-corrected chi connectivity index (χ0v) is 30.7. The van der Waals surface area contributed by atoms with Crippen LogP contribution < -0.4 is 0 Å². The van der Waals surface area contributed by atoms with Crippen molar-refractivity contribution < 1.29 is 0 Å². The number of aromatic nitrogens is 6. The van der Waals surface area contributed by atoms with E-state index in [4.69, 9.17) is 24.9 Å². The van der Waals surface area contributed by atoms with E-state index < -0.39 is 0 Å². The highest BCUT2D eigenvalue weighted by Gasteiger charge is 2.23. The van der Waals surface area contributed by atoms with E-state index in [1.54, 1.807) is 0 Å². The summed E-state index contributed by atoms with van der Waals surface area (Å²) in [5, 5.41) is 5.54. The lowest BCUT2D eigenvalue weighted by Crippen LogP contribution is -2.04. The van der Waals surface area contributed by atoms with Crippen LogP contribution in [0.25, 0.3) is 106 Å². The Bertz CT molecular complexity index is 3230. The predicted molar refractivity (Wildman–Crippen MR) is 232 cm³/mol. The average Bonchev–Trinajstić information content (AvgIpc) is 3.62. The second-order valence-corrected chi connectivity index (χ2v) is 14.1. The summed E-state index contributed by atoms with van der Waals surface area (Å²) in [6, 6.07) is 66.9. The fraction of sp³-hybridized carbons (Fsp3) is 0. The molecular weight excluding hydrogens is 697 g/mol. The Morgan fingerprint density at radius 3 is 1.56 bits per heavy atom. The standard InChI is InChI=1S/C51H32N6/c1-4-17-33(18-5-1)46-41-28-12-14-29-43(41)52-51(53-46)57-44-30-15-13-27-40(44)42-32-36-23-10-11-26-39(36)45(47(42)57)37-24-16-25-38(31-37)50-55-48(34-19-6-2-7-20-34)54-49(56-50)35-21-8-3-9-22-35/h1-32H. The van der Waals surface area contributed by atoms with E-state index >= 15 is 0 Å². The van der Waals surface area contributed by atoms with Gasteiger partial charge in [-0.2, -0.15) is 0 Å². The molecule has 0 radical (unpaired) electrons. The van der Waals surface area contributed by atoms with E-state index in [2.05, 4.69) is 120 Å². The highest BCUT2D eigenvalue weighted by Crippen LogP contribution is 2.43. The summed E-state index contributed by atoms with van der Waals surface area (Å²) in [5.74, 6) is 2.47. The quantitative estimate of drug-likeness (QED) is 0.170. The molecule has 0 atom stereocenters. The highest BCUT2D eigenvalue weighted by atomic mass is 15.2. The molecule has 0 amide bonds. The van der Waals surface area contributed by atoms with Crippen molar-refractivity contribution in [3.63, 3.8) is 0 Å². The normalized spacial score (nSPS) is 11.5. The lowest BCUT2D eigenvalue weighted by molar-refractivity contribution is 1.01. The van der Waals surface area contributed by atoms with Crippen LogP contribution in [-0.4, -0.2) is 29.5 Å². The number of para-hydroxylation sites is 2. The molecule has 0 aliphatic carbocycles. The Hall–Kier alpha value is -7.83. The summed E-state index contributed by atoms with van der Waals surface area (Å²) < 4.78 is 2.25. The number of rotatable bonds is 6. The van der Waals surface area contributed by atoms with Gasteiger partial charge in [0.1, 0.15) is 0 Å². The van der Waals surface area contributed by atoms with Gasteiger partial charge in [0.2, 0.25) is 5.95 Å². The summed E-state index contributed by atoms with van der Waals surface area (Å²) in [6.45, 7) is 0. The SMILES string of the molecule is c1ccc(-c2nc(-c3ccccc3)nc(-c3cccc(-c4c5ccccc5cc5c6ccccc6n(-c6nc(-c7ccccc7)c7ccccc7n6)c45)c3)n2)cc1. The van der Waals surface area contributed by atoms with Crippen LogP contribution in [0.1, 0.15) is 0 Å². The van der Waals surface area contributed by atoms with E-state index in [0.717, 1.165) is 82.6 Å². The van der Waals surface area contributed by atoms with E-state index in [-0.39, 0.29) is 0 Å². The molecule has 11 aromatic rings. The molecule has 11 rings (SSSR count). The summed E-state index contributed by atoms with van der Waals surface area (Å²) >= 11 is 0. The first-order chi connectivity index (χ1) is 28.3. The molecular formula is C51H32N6. The fourth-order valence-corrected chi connectivity index (χ4v) is 8.02. The van der Waals surface area contributed by atoms with Crippen molar-refractivity contribution in [2.24, 2.45) is 0 Å². The van der Waals surface area contributed by atoms with Gasteiger partial charge in [0.25, 0.3) is 0 Å². The molecule has 6 nitrogen and oxygen atoms in total. The Labute approximate surface area is 328 Å². The summed E-state index contributed by atoms with van der Waals surface area (Å²) in [6.07, 6.45) is 0. The maximum absolute atomic E-state index is 5.40. The molecule has 3 heterocycles. The van der Waals surface area contributed by atoms with E-state index in [9.17, 15) is 0 Å². The molecule has 0 unspecified atom stereocenters. The highest BCUT2D eigenvalue weighted by molar-refractivity contribution is 6.21. The minimum atomic E-state index is 0.604. The van der Waals surface area contributed by atoms with Crippen LogP contribution in [0.2, 0.25) is 0 Å². The fourth-order valence-electron chi connectivity index (χ4n) is 8.02. The third-order valence-corrected chi connectivity index (χ3v) is 10.6. The van der Waals surface area contributed by atoms with Crippen molar-refractivity contribution >= 4 is 43.5 Å². The number of fused-ring (bicyclic) bond motifs is 5. The van der Waals surface area contributed by atoms with Crippen molar-refractivity contribution in [2.45, 2.75) is 0 Å². The lowest BCUT2D eigenvalue weighted by Gasteiger charge is -2.16. The molecule has 3 aromatic heterocycles. The van der Waals surface area contributed by atoms with Crippen molar-refractivity contribution in [1.82, 2.24) is 29.5 Å². The van der Waals surface area contributed by atoms with Crippen molar-refractivity contribution in [2.75, 3.05) is 0 Å². The van der Waals surface area contributed by atoms with Gasteiger partial charge < -0.3 is 0 Å². The van der Waals surface area contributed by atoms with Gasteiger partial charge in [-0.3, -0.25) is 4.57 Å². The first-order valence-corrected chi connectivity index (χ1v) is 19.0. The first-order valence-electron chi connectivity index (χ1n) is 19.0. The van der Waals surface area contributed by atoms with Gasteiger partial charge in [-0.05, 0) is 40.6 Å². The van der Waals surface area contributed by atoms with E-state index in [1.165, 1.54) is 0 Å². The molecule has 266 valence electrons. The second kappa shape index (κ2) is 13.5. The summed E-state index contributed by atoms with van der Waals surface area (Å²) in [5.41, 5.74) is 9.75. The van der Waals surface area contributed by atoms with E-state index in [0.29, 0.717) is 23.4 Å². The van der Waals surface area contributed by atoms with Gasteiger partial charge in [0.15, 0.2) is 17.5 Å². The molecule has 0 bridgehead atoms. The molecule has 0 N–H and O–H groups in total. The first kappa shape index (κ1) is 32.6. The van der Waals surface area contributed by atoms with Crippen LogP contribution in [0.4, 0.5) is 0 Å². The Kier molecular flexibility index (Phi) is 7.71. The Morgan fingerprint density at radius 2 is 0.860 bits per heavy atom.